The Kier molecular flexibility index (Phi) is 3.77. The number of halogens is 1. The minimum absolute atomic E-state index is 0.0650. The van der Waals surface area contributed by atoms with Crippen molar-refractivity contribution in [2.45, 2.75) is 6.92 Å². The van der Waals surface area contributed by atoms with E-state index in [2.05, 4.69) is 20.9 Å². The van der Waals surface area contributed by atoms with E-state index in [9.17, 15) is 4.79 Å². The van der Waals surface area contributed by atoms with Crippen LogP contribution in [-0.4, -0.2) is 17.9 Å². The molecule has 0 N–H and O–H groups in total. The number of pyridine rings is 1. The molecule has 1 aromatic carbocycles. The van der Waals surface area contributed by atoms with E-state index in [4.69, 9.17) is 0 Å². The Morgan fingerprint density at radius 2 is 1.83 bits per heavy atom. The fourth-order valence-electron chi connectivity index (χ4n) is 1.56. The van der Waals surface area contributed by atoms with E-state index in [1.807, 2.05) is 37.3 Å². The molecule has 1 amide bonds. The largest absolute Gasteiger partial charge is 0.296 e. The molecule has 0 spiro atoms. The summed E-state index contributed by atoms with van der Waals surface area (Å²) in [6.07, 6.45) is 1.67. The molecule has 0 fully saturated rings. The van der Waals surface area contributed by atoms with Gasteiger partial charge < -0.3 is 0 Å². The number of carbonyl (C=O) groups excluding carboxylic acids is 1. The quantitative estimate of drug-likeness (QED) is 0.851. The van der Waals surface area contributed by atoms with Crippen LogP contribution in [0.1, 0.15) is 15.9 Å². The summed E-state index contributed by atoms with van der Waals surface area (Å²) in [4.78, 5) is 18.0. The van der Waals surface area contributed by atoms with Crippen LogP contribution >= 0.6 is 15.9 Å². The average Bonchev–Trinajstić information content (AvgIpc) is 2.39. The van der Waals surface area contributed by atoms with Gasteiger partial charge in [0, 0.05) is 23.3 Å². The molecule has 2 aromatic rings. The minimum atomic E-state index is -0.0650. The van der Waals surface area contributed by atoms with Crippen molar-refractivity contribution in [1.82, 2.24) is 4.98 Å². The standard InChI is InChI=1S/C14H13BrN2O/c1-10-3-5-11(6-4-10)14(18)17(2)13-8-7-12(15)9-16-13/h3-9H,1-2H3. The molecule has 3 nitrogen and oxygen atoms in total. The molecule has 18 heavy (non-hydrogen) atoms. The lowest BCUT2D eigenvalue weighted by atomic mass is 10.1. The molecule has 92 valence electrons. The number of aryl methyl sites for hydroxylation is 1. The summed E-state index contributed by atoms with van der Waals surface area (Å²) in [6, 6.07) is 11.2. The third kappa shape index (κ3) is 2.76. The molecule has 0 saturated carbocycles. The van der Waals surface area contributed by atoms with Gasteiger partial charge in [0.1, 0.15) is 5.82 Å². The van der Waals surface area contributed by atoms with E-state index in [-0.39, 0.29) is 5.91 Å². The third-order valence-electron chi connectivity index (χ3n) is 2.66. The number of nitrogens with zero attached hydrogens (tertiary/aromatic N) is 2. The van der Waals surface area contributed by atoms with E-state index >= 15 is 0 Å². The highest BCUT2D eigenvalue weighted by Gasteiger charge is 2.13. The predicted molar refractivity (Wildman–Crippen MR) is 75.8 cm³/mol. The van der Waals surface area contributed by atoms with Crippen molar-refractivity contribution in [2.75, 3.05) is 11.9 Å². The molecule has 0 aliphatic heterocycles. The van der Waals surface area contributed by atoms with Crippen LogP contribution in [0.15, 0.2) is 47.1 Å². The van der Waals surface area contributed by atoms with Gasteiger partial charge in [-0.15, -0.1) is 0 Å². The Morgan fingerprint density at radius 3 is 2.39 bits per heavy atom. The number of amides is 1. The number of hydrogen-bond donors (Lipinski definition) is 0. The first kappa shape index (κ1) is 12.8. The van der Waals surface area contributed by atoms with Gasteiger partial charge in [-0.25, -0.2) is 4.98 Å². The normalized spacial score (nSPS) is 10.2. The summed E-state index contributed by atoms with van der Waals surface area (Å²) in [6.45, 7) is 1.99. The van der Waals surface area contributed by atoms with Crippen molar-refractivity contribution < 1.29 is 4.79 Å². The maximum Gasteiger partial charge on any atom is 0.259 e. The molecule has 1 aromatic heterocycles. The number of aromatic nitrogens is 1. The van der Waals surface area contributed by atoms with Crippen molar-refractivity contribution in [2.24, 2.45) is 0 Å². The molecule has 0 radical (unpaired) electrons. The van der Waals surface area contributed by atoms with Crippen LogP contribution in [-0.2, 0) is 0 Å². The molecule has 1 heterocycles. The Morgan fingerprint density at radius 1 is 1.17 bits per heavy atom. The second-order valence-corrected chi connectivity index (χ2v) is 4.98. The molecular formula is C14H13BrN2O. The highest BCUT2D eigenvalue weighted by atomic mass is 79.9. The number of anilines is 1. The van der Waals surface area contributed by atoms with Gasteiger partial charge in [0.05, 0.1) is 0 Å². The highest BCUT2D eigenvalue weighted by Crippen LogP contribution is 2.16. The highest BCUT2D eigenvalue weighted by molar-refractivity contribution is 9.10. The Labute approximate surface area is 115 Å². The van der Waals surface area contributed by atoms with Gasteiger partial charge >= 0.3 is 0 Å². The predicted octanol–water partition coefficient (Wildman–Crippen LogP) is 3.43. The van der Waals surface area contributed by atoms with Gasteiger partial charge in [-0.2, -0.15) is 0 Å². The Hall–Kier alpha value is -1.68. The van der Waals surface area contributed by atoms with Crippen LogP contribution < -0.4 is 4.90 Å². The second-order valence-electron chi connectivity index (χ2n) is 4.06. The average molecular weight is 305 g/mol. The van der Waals surface area contributed by atoms with Gasteiger partial charge in [0.15, 0.2) is 0 Å². The lowest BCUT2D eigenvalue weighted by Crippen LogP contribution is -2.26. The van der Waals surface area contributed by atoms with Crippen molar-refractivity contribution in [3.8, 4) is 0 Å². The summed E-state index contributed by atoms with van der Waals surface area (Å²) in [5.41, 5.74) is 1.80. The van der Waals surface area contributed by atoms with Gasteiger partial charge in [-0.3, -0.25) is 9.69 Å². The summed E-state index contributed by atoms with van der Waals surface area (Å²) < 4.78 is 0.891. The maximum atomic E-state index is 12.2. The van der Waals surface area contributed by atoms with Crippen molar-refractivity contribution in [1.29, 1.82) is 0 Å². The van der Waals surface area contributed by atoms with Crippen molar-refractivity contribution >= 4 is 27.7 Å². The maximum absolute atomic E-state index is 12.2. The zero-order chi connectivity index (χ0) is 13.1. The number of rotatable bonds is 2. The Balaban J connectivity index is 2.23. The van der Waals surface area contributed by atoms with E-state index < -0.39 is 0 Å². The van der Waals surface area contributed by atoms with E-state index in [1.165, 1.54) is 4.90 Å². The topological polar surface area (TPSA) is 33.2 Å². The lowest BCUT2D eigenvalue weighted by Gasteiger charge is -2.16. The molecule has 4 heteroatoms. The van der Waals surface area contributed by atoms with Crippen molar-refractivity contribution in [3.05, 3.63) is 58.2 Å². The van der Waals surface area contributed by atoms with Gasteiger partial charge in [0.25, 0.3) is 5.91 Å². The monoisotopic (exact) mass is 304 g/mol. The first-order valence-corrected chi connectivity index (χ1v) is 6.33. The summed E-state index contributed by atoms with van der Waals surface area (Å²) in [7, 11) is 1.72. The smallest absolute Gasteiger partial charge is 0.259 e. The van der Waals surface area contributed by atoms with Gasteiger partial charge in [-0.05, 0) is 47.1 Å². The molecule has 0 atom stereocenters. The molecule has 0 aliphatic carbocycles. The van der Waals surface area contributed by atoms with Crippen LogP contribution in [0.3, 0.4) is 0 Å². The zero-order valence-electron chi connectivity index (χ0n) is 10.2. The van der Waals surface area contributed by atoms with Crippen molar-refractivity contribution in [3.63, 3.8) is 0 Å². The first-order valence-electron chi connectivity index (χ1n) is 5.54. The second kappa shape index (κ2) is 5.31. The van der Waals surface area contributed by atoms with Crippen LogP contribution in [0.5, 0.6) is 0 Å². The molecule has 2 rings (SSSR count). The van der Waals surface area contributed by atoms with Crippen LogP contribution in [0, 0.1) is 6.92 Å². The lowest BCUT2D eigenvalue weighted by molar-refractivity contribution is 0.0992. The minimum Gasteiger partial charge on any atom is -0.296 e. The fourth-order valence-corrected chi connectivity index (χ4v) is 1.79. The van der Waals surface area contributed by atoms with Gasteiger partial charge in [0.2, 0.25) is 0 Å². The Bertz CT molecular complexity index is 549. The number of carbonyl (C=O) groups is 1. The zero-order valence-corrected chi connectivity index (χ0v) is 11.8. The van der Waals surface area contributed by atoms with Gasteiger partial charge in [-0.1, -0.05) is 17.7 Å². The number of benzene rings is 1. The third-order valence-corrected chi connectivity index (χ3v) is 3.13. The number of hydrogen-bond acceptors (Lipinski definition) is 2. The van der Waals surface area contributed by atoms with Crippen LogP contribution in [0.25, 0.3) is 0 Å². The van der Waals surface area contributed by atoms with E-state index in [0.29, 0.717) is 11.4 Å². The van der Waals surface area contributed by atoms with Crippen LogP contribution in [0.2, 0.25) is 0 Å². The molecule has 0 saturated heterocycles. The summed E-state index contributed by atoms with van der Waals surface area (Å²) >= 11 is 3.32. The molecule has 0 unspecified atom stereocenters. The summed E-state index contributed by atoms with van der Waals surface area (Å²) in [5.74, 6) is 0.564. The summed E-state index contributed by atoms with van der Waals surface area (Å²) in [5, 5.41) is 0. The van der Waals surface area contributed by atoms with E-state index in [1.54, 1.807) is 19.3 Å². The van der Waals surface area contributed by atoms with Crippen LogP contribution in [0.4, 0.5) is 5.82 Å². The van der Waals surface area contributed by atoms with E-state index in [0.717, 1.165) is 10.0 Å². The molecule has 0 aliphatic rings. The molecule has 0 bridgehead atoms. The molecular weight excluding hydrogens is 292 g/mol. The first-order chi connectivity index (χ1) is 8.58. The SMILES string of the molecule is Cc1ccc(C(=O)N(C)c2ccc(Br)cn2)cc1. The fraction of sp³-hybridized carbons (Fsp3) is 0.143.